The molecule has 1 aliphatic rings. The SMILES string of the molecule is COc1ccc([C@H](NC(=O)O)[C@H]2CN(S(=O)(=O)c3ccc(C)cc3)C[C@H]2O)cc1. The highest BCUT2D eigenvalue weighted by molar-refractivity contribution is 7.89. The molecule has 2 aromatic rings. The summed E-state index contributed by atoms with van der Waals surface area (Å²) in [6.07, 6.45) is -2.27. The van der Waals surface area contributed by atoms with Gasteiger partial charge in [-0.1, -0.05) is 29.8 Å². The number of hydrogen-bond donors (Lipinski definition) is 3. The van der Waals surface area contributed by atoms with Gasteiger partial charge in [0.2, 0.25) is 10.0 Å². The van der Waals surface area contributed by atoms with Crippen LogP contribution in [0.5, 0.6) is 5.75 Å². The number of ether oxygens (including phenoxy) is 1. The zero-order valence-corrected chi connectivity index (χ0v) is 17.0. The number of methoxy groups -OCH3 is 1. The Hall–Kier alpha value is -2.62. The van der Waals surface area contributed by atoms with E-state index >= 15 is 0 Å². The van der Waals surface area contributed by atoms with Crippen molar-refractivity contribution in [3.8, 4) is 5.75 Å². The Labute approximate surface area is 169 Å². The topological polar surface area (TPSA) is 116 Å². The lowest BCUT2D eigenvalue weighted by atomic mass is 9.90. The molecule has 1 saturated heterocycles. The van der Waals surface area contributed by atoms with Crippen LogP contribution in [0.25, 0.3) is 0 Å². The minimum absolute atomic E-state index is 0.00560. The second-order valence-electron chi connectivity index (χ2n) is 7.07. The lowest BCUT2D eigenvalue weighted by molar-refractivity contribution is 0.119. The van der Waals surface area contributed by atoms with E-state index in [-0.39, 0.29) is 18.0 Å². The Morgan fingerprint density at radius 3 is 2.31 bits per heavy atom. The highest BCUT2D eigenvalue weighted by Crippen LogP contribution is 2.34. The Kier molecular flexibility index (Phi) is 6.11. The summed E-state index contributed by atoms with van der Waals surface area (Å²) in [5, 5.41) is 22.3. The van der Waals surface area contributed by atoms with E-state index in [1.165, 1.54) is 23.5 Å². The number of amides is 1. The van der Waals surface area contributed by atoms with E-state index < -0.39 is 34.2 Å². The highest BCUT2D eigenvalue weighted by atomic mass is 32.2. The van der Waals surface area contributed by atoms with Crippen molar-refractivity contribution in [1.82, 2.24) is 9.62 Å². The maximum absolute atomic E-state index is 13.0. The molecule has 0 aliphatic carbocycles. The molecule has 0 spiro atoms. The zero-order chi connectivity index (χ0) is 21.2. The second kappa shape index (κ2) is 8.40. The summed E-state index contributed by atoms with van der Waals surface area (Å²) in [7, 11) is -2.27. The van der Waals surface area contributed by atoms with Crippen molar-refractivity contribution >= 4 is 16.1 Å². The van der Waals surface area contributed by atoms with E-state index in [2.05, 4.69) is 5.32 Å². The van der Waals surface area contributed by atoms with Crippen LogP contribution in [0.3, 0.4) is 0 Å². The Bertz CT molecular complexity index is 959. The molecule has 3 rings (SSSR count). The first-order valence-electron chi connectivity index (χ1n) is 9.10. The van der Waals surface area contributed by atoms with Gasteiger partial charge in [0.1, 0.15) is 5.75 Å². The summed E-state index contributed by atoms with van der Waals surface area (Å²) in [5.74, 6) is -0.0295. The van der Waals surface area contributed by atoms with E-state index in [4.69, 9.17) is 4.74 Å². The average molecular weight is 420 g/mol. The lowest BCUT2D eigenvalue weighted by Crippen LogP contribution is -2.37. The summed E-state index contributed by atoms with van der Waals surface area (Å²) < 4.78 is 32.2. The monoisotopic (exact) mass is 420 g/mol. The minimum atomic E-state index is -3.80. The van der Waals surface area contributed by atoms with E-state index in [0.717, 1.165) is 5.56 Å². The van der Waals surface area contributed by atoms with Crippen molar-refractivity contribution in [1.29, 1.82) is 0 Å². The molecule has 1 fully saturated rings. The predicted molar refractivity (Wildman–Crippen MR) is 106 cm³/mol. The van der Waals surface area contributed by atoms with E-state index in [0.29, 0.717) is 11.3 Å². The standard InChI is InChI=1S/C20H24N2O6S/c1-13-3-9-16(10-4-13)29(26,27)22-11-17(18(23)12-22)19(21-20(24)25)14-5-7-15(28-2)8-6-14/h3-10,17-19,21,23H,11-12H2,1-2H3,(H,24,25)/t17-,18+,19-/m0/s1. The van der Waals surface area contributed by atoms with Gasteiger partial charge in [-0.05, 0) is 36.8 Å². The normalized spacial score (nSPS) is 20.9. The summed E-state index contributed by atoms with van der Waals surface area (Å²) >= 11 is 0. The lowest BCUT2D eigenvalue weighted by Gasteiger charge is -2.26. The van der Waals surface area contributed by atoms with E-state index in [1.807, 2.05) is 6.92 Å². The number of sulfonamides is 1. The highest BCUT2D eigenvalue weighted by Gasteiger charge is 2.43. The third kappa shape index (κ3) is 4.52. The van der Waals surface area contributed by atoms with Gasteiger partial charge in [0, 0.05) is 19.0 Å². The van der Waals surface area contributed by atoms with E-state index in [1.54, 1.807) is 36.4 Å². The maximum Gasteiger partial charge on any atom is 0.405 e. The number of hydrogen-bond acceptors (Lipinski definition) is 5. The van der Waals surface area contributed by atoms with Crippen molar-refractivity contribution in [2.45, 2.75) is 24.0 Å². The summed E-state index contributed by atoms with van der Waals surface area (Å²) in [4.78, 5) is 11.5. The van der Waals surface area contributed by atoms with Gasteiger partial charge in [0.05, 0.1) is 24.2 Å². The molecular formula is C20H24N2O6S. The largest absolute Gasteiger partial charge is 0.497 e. The van der Waals surface area contributed by atoms with Gasteiger partial charge in [-0.2, -0.15) is 4.31 Å². The van der Waals surface area contributed by atoms with Crippen molar-refractivity contribution in [2.75, 3.05) is 20.2 Å². The number of carbonyl (C=O) groups is 1. The Morgan fingerprint density at radius 2 is 1.76 bits per heavy atom. The average Bonchev–Trinajstić information content (AvgIpc) is 3.09. The molecular weight excluding hydrogens is 396 g/mol. The van der Waals surface area contributed by atoms with Crippen LogP contribution in [0.15, 0.2) is 53.4 Å². The number of nitrogens with zero attached hydrogens (tertiary/aromatic N) is 1. The molecule has 3 N–H and O–H groups in total. The molecule has 0 aromatic heterocycles. The van der Waals surface area contributed by atoms with Gasteiger partial charge in [0.25, 0.3) is 0 Å². The van der Waals surface area contributed by atoms with Crippen LogP contribution in [-0.4, -0.2) is 55.3 Å². The van der Waals surface area contributed by atoms with Gasteiger partial charge in [-0.15, -0.1) is 0 Å². The fourth-order valence-corrected chi connectivity index (χ4v) is 5.04. The summed E-state index contributed by atoms with van der Waals surface area (Å²) in [6.45, 7) is 1.76. The summed E-state index contributed by atoms with van der Waals surface area (Å²) in [6, 6.07) is 12.5. The van der Waals surface area contributed by atoms with Crippen LogP contribution in [-0.2, 0) is 10.0 Å². The smallest absolute Gasteiger partial charge is 0.405 e. The number of aryl methyl sites for hydroxylation is 1. The van der Waals surface area contributed by atoms with Crippen LogP contribution in [0.2, 0.25) is 0 Å². The second-order valence-corrected chi connectivity index (χ2v) is 9.00. The number of β-amino-alcohol motifs (C(OH)–C–C–N with tert-alkyl or cyclic N) is 1. The molecule has 8 nitrogen and oxygen atoms in total. The molecule has 1 heterocycles. The molecule has 0 bridgehead atoms. The number of aliphatic hydroxyl groups is 1. The van der Waals surface area contributed by atoms with Crippen molar-refractivity contribution in [2.24, 2.45) is 5.92 Å². The number of nitrogens with one attached hydrogen (secondary N) is 1. The molecule has 156 valence electrons. The van der Waals surface area contributed by atoms with Gasteiger partial charge >= 0.3 is 6.09 Å². The third-order valence-corrected chi connectivity index (χ3v) is 6.99. The molecule has 0 radical (unpaired) electrons. The van der Waals surface area contributed by atoms with Gasteiger partial charge in [-0.3, -0.25) is 0 Å². The minimum Gasteiger partial charge on any atom is -0.497 e. The molecule has 1 aliphatic heterocycles. The van der Waals surface area contributed by atoms with Crippen LogP contribution in [0.4, 0.5) is 4.79 Å². The Balaban J connectivity index is 1.87. The fourth-order valence-electron chi connectivity index (χ4n) is 3.54. The van der Waals surface area contributed by atoms with Crippen LogP contribution >= 0.6 is 0 Å². The molecule has 0 saturated carbocycles. The number of carboxylic acid groups (broad SMARTS) is 1. The maximum atomic E-state index is 13.0. The van der Waals surface area contributed by atoms with Crippen molar-refractivity contribution in [3.63, 3.8) is 0 Å². The van der Waals surface area contributed by atoms with Crippen molar-refractivity contribution < 1.29 is 28.2 Å². The zero-order valence-electron chi connectivity index (χ0n) is 16.1. The molecule has 3 atom stereocenters. The van der Waals surface area contributed by atoms with Gasteiger partial charge in [0.15, 0.2) is 0 Å². The van der Waals surface area contributed by atoms with Crippen LogP contribution < -0.4 is 10.1 Å². The molecule has 29 heavy (non-hydrogen) atoms. The number of rotatable bonds is 6. The van der Waals surface area contributed by atoms with Crippen LogP contribution in [0.1, 0.15) is 17.2 Å². The first-order valence-corrected chi connectivity index (χ1v) is 10.5. The predicted octanol–water partition coefficient (Wildman–Crippen LogP) is 1.99. The van der Waals surface area contributed by atoms with E-state index in [9.17, 15) is 23.4 Å². The third-order valence-electron chi connectivity index (χ3n) is 5.14. The molecule has 9 heteroatoms. The number of benzene rings is 2. The fraction of sp³-hybridized carbons (Fsp3) is 0.350. The molecule has 0 unspecified atom stereocenters. The summed E-state index contributed by atoms with van der Waals surface area (Å²) in [5.41, 5.74) is 1.56. The first-order chi connectivity index (χ1) is 13.7. The van der Waals surface area contributed by atoms with Gasteiger partial charge < -0.3 is 20.3 Å². The van der Waals surface area contributed by atoms with Crippen LogP contribution in [0, 0.1) is 12.8 Å². The molecule has 2 aromatic carbocycles. The first kappa shape index (κ1) is 21.1. The van der Waals surface area contributed by atoms with Crippen molar-refractivity contribution in [3.05, 3.63) is 59.7 Å². The Morgan fingerprint density at radius 1 is 1.14 bits per heavy atom. The molecule has 1 amide bonds. The number of aliphatic hydroxyl groups excluding tert-OH is 1. The van der Waals surface area contributed by atoms with Gasteiger partial charge in [-0.25, -0.2) is 13.2 Å². The quantitative estimate of drug-likeness (QED) is 0.658.